The molecule has 1 aliphatic rings. The fraction of sp³-hybridized carbons (Fsp3) is 0.857. The van der Waals surface area contributed by atoms with Crippen molar-refractivity contribution in [1.29, 1.82) is 0 Å². The van der Waals surface area contributed by atoms with Crippen LogP contribution in [-0.2, 0) is 4.84 Å². The van der Waals surface area contributed by atoms with Crippen molar-refractivity contribution in [3.05, 3.63) is 0 Å². The van der Waals surface area contributed by atoms with Crippen LogP contribution in [0, 0.1) is 0 Å². The Balaban J connectivity index is 2.19. The van der Waals surface area contributed by atoms with Gasteiger partial charge in [0, 0.05) is 19.8 Å². The number of hydrogen-bond acceptors (Lipinski definition) is 3. The van der Waals surface area contributed by atoms with Gasteiger partial charge < -0.3 is 9.74 Å². The number of rotatable bonds is 2. The van der Waals surface area contributed by atoms with Gasteiger partial charge in [-0.05, 0) is 19.9 Å². The quantitative estimate of drug-likeness (QED) is 0.419. The lowest BCUT2D eigenvalue weighted by atomic mass is 10.1. The molecule has 0 bridgehead atoms. The van der Waals surface area contributed by atoms with Gasteiger partial charge in [0.2, 0.25) is 0 Å². The van der Waals surface area contributed by atoms with Crippen molar-refractivity contribution < 1.29 is 4.84 Å². The van der Waals surface area contributed by atoms with Gasteiger partial charge >= 0.3 is 0 Å². The Morgan fingerprint density at radius 2 is 2.10 bits per heavy atom. The molecule has 10 heavy (non-hydrogen) atoms. The maximum atomic E-state index is 5.02. The molecule has 1 rings (SSSR count). The normalized spacial score (nSPS) is 22.5. The van der Waals surface area contributed by atoms with E-state index in [-0.39, 0.29) is 0 Å². The molecule has 0 amide bonds. The highest BCUT2D eigenvalue weighted by atomic mass is 16.6. The number of likely N-dealkylation sites (tertiary alicyclic amines) is 1. The van der Waals surface area contributed by atoms with E-state index in [1.807, 2.05) is 0 Å². The third kappa shape index (κ3) is 1.99. The number of oxime groups is 1. The van der Waals surface area contributed by atoms with E-state index in [1.165, 1.54) is 0 Å². The van der Waals surface area contributed by atoms with Gasteiger partial charge in [0.25, 0.3) is 0 Å². The maximum absolute atomic E-state index is 5.02. The van der Waals surface area contributed by atoms with Crippen molar-refractivity contribution >= 4 is 6.72 Å². The van der Waals surface area contributed by atoms with Crippen molar-refractivity contribution in [2.24, 2.45) is 5.16 Å². The second-order valence-electron chi connectivity index (χ2n) is 2.74. The predicted octanol–water partition coefficient (Wildman–Crippen LogP) is 0.713. The van der Waals surface area contributed by atoms with Gasteiger partial charge in [-0.3, -0.25) is 0 Å². The molecule has 3 heteroatoms. The molecule has 0 saturated carbocycles. The highest BCUT2D eigenvalue weighted by Gasteiger charge is 2.16. The molecule has 0 aromatic heterocycles. The van der Waals surface area contributed by atoms with Crippen LogP contribution >= 0.6 is 0 Å². The summed E-state index contributed by atoms with van der Waals surface area (Å²) in [4.78, 5) is 7.31. The molecule has 0 aromatic rings. The summed E-state index contributed by atoms with van der Waals surface area (Å²) in [6.45, 7) is 5.51. The average molecular weight is 142 g/mol. The van der Waals surface area contributed by atoms with Crippen LogP contribution in [0.1, 0.15) is 12.8 Å². The van der Waals surface area contributed by atoms with Crippen molar-refractivity contribution in [1.82, 2.24) is 4.90 Å². The summed E-state index contributed by atoms with van der Waals surface area (Å²) in [5, 5.41) is 3.42. The number of hydrogen-bond donors (Lipinski definition) is 0. The molecule has 0 radical (unpaired) electrons. The molecule has 0 unspecified atom stereocenters. The van der Waals surface area contributed by atoms with Gasteiger partial charge in [-0.25, -0.2) is 0 Å². The molecule has 1 saturated heterocycles. The lowest BCUT2D eigenvalue weighted by Crippen LogP contribution is -2.33. The second kappa shape index (κ2) is 3.56. The molecule has 0 atom stereocenters. The predicted molar refractivity (Wildman–Crippen MR) is 41.2 cm³/mol. The first-order chi connectivity index (χ1) is 4.83. The first-order valence-corrected chi connectivity index (χ1v) is 3.63. The van der Waals surface area contributed by atoms with Crippen LogP contribution in [0.3, 0.4) is 0 Å². The van der Waals surface area contributed by atoms with Crippen molar-refractivity contribution in [2.45, 2.75) is 18.9 Å². The van der Waals surface area contributed by atoms with E-state index in [4.69, 9.17) is 4.84 Å². The smallest absolute Gasteiger partial charge is 0.130 e. The molecule has 0 N–H and O–H groups in total. The summed E-state index contributed by atoms with van der Waals surface area (Å²) in [6, 6.07) is 0. The Hall–Kier alpha value is -0.570. The third-order valence-corrected chi connectivity index (χ3v) is 1.89. The van der Waals surface area contributed by atoms with E-state index in [0.29, 0.717) is 6.10 Å². The van der Waals surface area contributed by atoms with Gasteiger partial charge in [-0.15, -0.1) is 5.16 Å². The lowest BCUT2D eigenvalue weighted by Gasteiger charge is -2.26. The summed E-state index contributed by atoms with van der Waals surface area (Å²) in [7, 11) is 2.12. The van der Waals surface area contributed by atoms with Crippen LogP contribution < -0.4 is 0 Å². The average Bonchev–Trinajstić information content (AvgIpc) is 1.95. The number of nitrogens with zero attached hydrogens (tertiary/aromatic N) is 2. The largest absolute Gasteiger partial charge is 0.393 e. The summed E-state index contributed by atoms with van der Waals surface area (Å²) < 4.78 is 0. The molecule has 0 aliphatic carbocycles. The van der Waals surface area contributed by atoms with Crippen molar-refractivity contribution in [2.75, 3.05) is 20.1 Å². The minimum atomic E-state index is 0.314. The molecule has 0 aromatic carbocycles. The second-order valence-corrected chi connectivity index (χ2v) is 2.74. The Morgan fingerprint density at radius 3 is 2.60 bits per heavy atom. The van der Waals surface area contributed by atoms with Crippen molar-refractivity contribution in [3.8, 4) is 0 Å². The Labute approximate surface area is 61.6 Å². The topological polar surface area (TPSA) is 24.8 Å². The minimum Gasteiger partial charge on any atom is -0.393 e. The zero-order chi connectivity index (χ0) is 7.40. The summed E-state index contributed by atoms with van der Waals surface area (Å²) in [6.07, 6.45) is 2.47. The summed E-state index contributed by atoms with van der Waals surface area (Å²) >= 11 is 0. The van der Waals surface area contributed by atoms with Crippen LogP contribution in [0.5, 0.6) is 0 Å². The lowest BCUT2D eigenvalue weighted by molar-refractivity contribution is 0.0176. The molecule has 3 nitrogen and oxygen atoms in total. The van der Waals surface area contributed by atoms with Gasteiger partial charge in [0.15, 0.2) is 0 Å². The summed E-state index contributed by atoms with van der Waals surface area (Å²) in [5.74, 6) is 0. The maximum Gasteiger partial charge on any atom is 0.130 e. The molecule has 1 fully saturated rings. The van der Waals surface area contributed by atoms with Crippen LogP contribution in [0.2, 0.25) is 0 Å². The highest BCUT2D eigenvalue weighted by molar-refractivity contribution is 5.21. The van der Waals surface area contributed by atoms with Gasteiger partial charge in [-0.2, -0.15) is 0 Å². The van der Waals surface area contributed by atoms with E-state index < -0.39 is 0 Å². The van der Waals surface area contributed by atoms with Gasteiger partial charge in [0.05, 0.1) is 0 Å². The SMILES string of the molecule is C=NOC1CCN(C)CC1. The molecular weight excluding hydrogens is 128 g/mol. The third-order valence-electron chi connectivity index (χ3n) is 1.89. The molecular formula is C7H14N2O. The standard InChI is InChI=1S/C7H14N2O/c1-8-10-7-3-5-9(2)6-4-7/h7H,1,3-6H2,2H3. The van der Waals surface area contributed by atoms with Crippen LogP contribution in [0.15, 0.2) is 5.16 Å². The first-order valence-electron chi connectivity index (χ1n) is 3.63. The first kappa shape index (κ1) is 7.54. The van der Waals surface area contributed by atoms with Crippen LogP contribution in [-0.4, -0.2) is 37.9 Å². The highest BCUT2D eigenvalue weighted by Crippen LogP contribution is 2.11. The zero-order valence-electron chi connectivity index (χ0n) is 6.42. The zero-order valence-corrected chi connectivity index (χ0v) is 6.42. The van der Waals surface area contributed by atoms with Gasteiger partial charge in [-0.1, -0.05) is 0 Å². The Bertz CT molecular complexity index is 108. The van der Waals surface area contributed by atoms with E-state index >= 15 is 0 Å². The number of piperidine rings is 1. The fourth-order valence-corrected chi connectivity index (χ4v) is 1.20. The minimum absolute atomic E-state index is 0.314. The monoisotopic (exact) mass is 142 g/mol. The molecule has 58 valence electrons. The van der Waals surface area contributed by atoms with Crippen molar-refractivity contribution in [3.63, 3.8) is 0 Å². The fourth-order valence-electron chi connectivity index (χ4n) is 1.20. The molecule has 1 aliphatic heterocycles. The Morgan fingerprint density at radius 1 is 1.50 bits per heavy atom. The Kier molecular flexibility index (Phi) is 2.68. The van der Waals surface area contributed by atoms with E-state index in [1.54, 1.807) is 0 Å². The molecule has 0 spiro atoms. The van der Waals surface area contributed by atoms with E-state index in [2.05, 4.69) is 23.8 Å². The van der Waals surface area contributed by atoms with Crippen LogP contribution in [0.25, 0.3) is 0 Å². The van der Waals surface area contributed by atoms with E-state index in [9.17, 15) is 0 Å². The van der Waals surface area contributed by atoms with Crippen LogP contribution in [0.4, 0.5) is 0 Å². The molecule has 1 heterocycles. The van der Waals surface area contributed by atoms with E-state index in [0.717, 1.165) is 25.9 Å². The summed E-state index contributed by atoms with van der Waals surface area (Å²) in [5.41, 5.74) is 0. The van der Waals surface area contributed by atoms with Gasteiger partial charge in [0.1, 0.15) is 6.10 Å².